The van der Waals surface area contributed by atoms with Gasteiger partial charge in [-0.05, 0) is 113 Å². The van der Waals surface area contributed by atoms with E-state index in [0.29, 0.717) is 63.0 Å². The van der Waals surface area contributed by atoms with Crippen molar-refractivity contribution in [2.24, 2.45) is 46.4 Å². The monoisotopic (exact) mass is 1240 g/mol. The molecular weight excluding hydrogens is 1130 g/mol. The molecule has 26 nitrogen and oxygen atoms in total. The highest BCUT2D eigenvalue weighted by molar-refractivity contribution is 5.98. The maximum absolute atomic E-state index is 14.5. The van der Waals surface area contributed by atoms with Gasteiger partial charge in [-0.15, -0.1) is 0 Å². The molecule has 1 aromatic rings. The van der Waals surface area contributed by atoms with Crippen molar-refractivity contribution in [3.63, 3.8) is 0 Å². The van der Waals surface area contributed by atoms with Gasteiger partial charge in [-0.2, -0.15) is 0 Å². The van der Waals surface area contributed by atoms with Gasteiger partial charge in [0.2, 0.25) is 47.3 Å². The van der Waals surface area contributed by atoms with Crippen molar-refractivity contribution in [3.05, 3.63) is 40.3 Å². The number of hydrogen-bond acceptors (Lipinski definition) is 14. The van der Waals surface area contributed by atoms with Gasteiger partial charge in [-0.1, -0.05) is 86.0 Å². The van der Waals surface area contributed by atoms with Crippen LogP contribution in [-0.2, 0) is 59.0 Å². The van der Waals surface area contributed by atoms with Gasteiger partial charge in [0.1, 0.15) is 23.9 Å². The third-order valence-electron chi connectivity index (χ3n) is 17.2. The fourth-order valence-corrected chi connectivity index (χ4v) is 12.0. The summed E-state index contributed by atoms with van der Waals surface area (Å²) in [6.07, 6.45) is 1.82. The van der Waals surface area contributed by atoms with Gasteiger partial charge in [0, 0.05) is 89.4 Å². The van der Waals surface area contributed by atoms with E-state index in [1.54, 1.807) is 73.7 Å². The quantitative estimate of drug-likeness (QED) is 0.0214. The number of Topliss-reactive ketones (excluding diaryl/α,β-unsaturated/α-hetero) is 1. The van der Waals surface area contributed by atoms with Crippen LogP contribution in [0.25, 0.3) is 10.4 Å². The van der Waals surface area contributed by atoms with Crippen LogP contribution in [0, 0.1) is 35.5 Å². The summed E-state index contributed by atoms with van der Waals surface area (Å²) in [5.74, 6) is -4.63. The van der Waals surface area contributed by atoms with E-state index in [2.05, 4.69) is 41.9 Å². The summed E-state index contributed by atoms with van der Waals surface area (Å²) < 4.78 is 12.1. The first-order chi connectivity index (χ1) is 41.5. The molecule has 2 heterocycles. The number of carbonyl (C=O) groups is 10. The molecule has 2 aliphatic heterocycles. The van der Waals surface area contributed by atoms with Gasteiger partial charge in [0.25, 0.3) is 0 Å². The number of primary amides is 1. The van der Waals surface area contributed by atoms with Crippen molar-refractivity contribution < 1.29 is 57.4 Å². The molecule has 26 heteroatoms. The summed E-state index contributed by atoms with van der Waals surface area (Å²) in [6, 6.07) is 0.806. The molecule has 1 aromatic carbocycles. The molecule has 11 atom stereocenters. The zero-order chi connectivity index (χ0) is 66.1. The molecule has 0 radical (unpaired) electrons. The molecule has 2 fully saturated rings. The van der Waals surface area contributed by atoms with Gasteiger partial charge in [-0.25, -0.2) is 4.79 Å². The van der Waals surface area contributed by atoms with Crippen LogP contribution in [0.1, 0.15) is 139 Å². The Morgan fingerprint density at radius 2 is 1.40 bits per heavy atom. The Morgan fingerprint density at radius 1 is 0.761 bits per heavy atom. The number of likely N-dealkylation sites (N-methyl/N-ethyl adjacent to an activating group) is 2. The standard InChI is InChI=1S/C62H104N14O12/c1-16-39(8)55(74(13)61(85)53(37(4)5)71-60(84)54(38(6)7)73(11)12)48(87-14)34-51(80)76-30-18-20-47(76)56(88-15)40(9)57(81)68-45(35-66-72-64)33-42-21-23-44(24-22-42)67-58(82)46(19-17-29-65-62(63)86)69-59(83)52(36(2)3)70-49(78)25-26-50(79)75-31-27-43(28-32-75)41(10)77/h21-24,36-40,43,45-48,52-56H,16-20,25-35H2,1-15H3,(H,67,82)(H,68,81)(H,69,83)(H,70,78)(H,71,84)(H3,63,65,86)/t39-,40+,45-,46-,47-,48+,52-,53-,54-,55-,56+/m0/s1. The average Bonchev–Trinajstić information content (AvgIpc) is 2.73. The Labute approximate surface area is 521 Å². The smallest absolute Gasteiger partial charge is 0.312 e. The first-order valence-corrected chi connectivity index (χ1v) is 31.2. The van der Waals surface area contributed by atoms with E-state index >= 15 is 0 Å². The maximum atomic E-state index is 14.5. The molecule has 3 rings (SSSR count). The number of urea groups is 1. The summed E-state index contributed by atoms with van der Waals surface area (Å²) in [4.78, 5) is 144. The van der Waals surface area contributed by atoms with Gasteiger partial charge < -0.3 is 61.8 Å². The minimum absolute atomic E-state index is 0.00446. The molecule has 0 aliphatic carbocycles. The van der Waals surface area contributed by atoms with E-state index in [4.69, 9.17) is 15.2 Å². The normalized spacial score (nSPS) is 17.9. The topological polar surface area (TPSA) is 349 Å². The maximum Gasteiger partial charge on any atom is 0.312 e. The summed E-state index contributed by atoms with van der Waals surface area (Å²) in [5, 5.41) is 20.6. The van der Waals surface area contributed by atoms with Gasteiger partial charge >= 0.3 is 6.03 Å². The number of methoxy groups -OCH3 is 2. The molecule has 8 N–H and O–H groups in total. The SMILES string of the molecule is CC[C@H](C)[C@@H]([C@@H](CC(=O)N1CCC[C@H]1[C@H](OC)[C@@H](C)C(=O)N[C@H](CN=[N+]=[N-])Cc1ccc(NC(=O)[C@H](CCCNC(N)=O)NC(=O)[C@@H](NC(=O)CCC(=O)N2CCC(C(C)=O)CC2)C(C)C)cc1)OC)N(C)C(=O)[C@@H](NC(=O)[C@H](C(C)C)N(C)C)C(C)C. The highest BCUT2D eigenvalue weighted by Gasteiger charge is 2.44. The minimum Gasteiger partial charge on any atom is -0.379 e. The van der Waals surface area contributed by atoms with E-state index in [-0.39, 0.29) is 105 Å². The van der Waals surface area contributed by atoms with Crippen LogP contribution in [-0.4, -0.2) is 201 Å². The Balaban J connectivity index is 1.73. The van der Waals surface area contributed by atoms with Crippen molar-refractivity contribution in [1.29, 1.82) is 0 Å². The summed E-state index contributed by atoms with van der Waals surface area (Å²) in [5.41, 5.74) is 15.7. The number of piperidine rings is 1. The molecule has 494 valence electrons. The lowest BCUT2D eigenvalue weighted by Gasteiger charge is -2.41. The van der Waals surface area contributed by atoms with E-state index in [0.717, 1.165) is 0 Å². The van der Waals surface area contributed by atoms with Crippen LogP contribution in [0.5, 0.6) is 0 Å². The lowest BCUT2D eigenvalue weighted by molar-refractivity contribution is -0.148. The highest BCUT2D eigenvalue weighted by atomic mass is 16.5. The zero-order valence-electron chi connectivity index (χ0n) is 54.9. The lowest BCUT2D eigenvalue weighted by atomic mass is 9.89. The van der Waals surface area contributed by atoms with E-state index in [9.17, 15) is 53.5 Å². The van der Waals surface area contributed by atoms with Crippen molar-refractivity contribution in [2.45, 2.75) is 194 Å². The minimum atomic E-state index is -1.12. The third-order valence-corrected chi connectivity index (χ3v) is 17.2. The molecule has 0 spiro atoms. The largest absolute Gasteiger partial charge is 0.379 e. The number of anilines is 1. The van der Waals surface area contributed by atoms with Crippen LogP contribution in [0.2, 0.25) is 0 Å². The molecule has 10 amide bonds. The number of nitrogens with two attached hydrogens (primary N) is 1. The predicted molar refractivity (Wildman–Crippen MR) is 335 cm³/mol. The average molecular weight is 1240 g/mol. The number of azide groups is 1. The van der Waals surface area contributed by atoms with Crippen molar-refractivity contribution in [2.75, 3.05) is 73.4 Å². The van der Waals surface area contributed by atoms with E-state index in [1.807, 2.05) is 60.5 Å². The molecule has 2 aliphatic rings. The predicted octanol–water partition coefficient (Wildman–Crippen LogP) is 4.29. The fraction of sp³-hybridized carbons (Fsp3) is 0.742. The Morgan fingerprint density at radius 3 is 1.93 bits per heavy atom. The molecule has 0 unspecified atom stereocenters. The molecule has 2 saturated heterocycles. The van der Waals surface area contributed by atoms with Crippen LogP contribution in [0.4, 0.5) is 10.5 Å². The van der Waals surface area contributed by atoms with Crippen LogP contribution < -0.4 is 37.6 Å². The second kappa shape index (κ2) is 37.2. The van der Waals surface area contributed by atoms with Crippen molar-refractivity contribution in [1.82, 2.24) is 46.2 Å². The second-order valence-corrected chi connectivity index (χ2v) is 25.0. The van der Waals surface area contributed by atoms with Crippen molar-refractivity contribution in [3.8, 4) is 0 Å². The Hall–Kier alpha value is -6.89. The number of ether oxygens (including phenoxy) is 2. The zero-order valence-corrected chi connectivity index (χ0v) is 54.9. The number of benzene rings is 1. The second-order valence-electron chi connectivity index (χ2n) is 25.0. The number of carbonyl (C=O) groups excluding carboxylic acids is 10. The Kier molecular flexibility index (Phi) is 31.8. The van der Waals surface area contributed by atoms with Gasteiger partial charge in [0.15, 0.2) is 0 Å². The molecular formula is C62H104N14O12. The fourth-order valence-electron chi connectivity index (χ4n) is 12.0. The first kappa shape index (κ1) is 75.4. The number of nitrogens with zero attached hydrogens (tertiary/aromatic N) is 7. The lowest BCUT2D eigenvalue weighted by Crippen LogP contribution is -2.59. The first-order valence-electron chi connectivity index (χ1n) is 31.2. The van der Waals surface area contributed by atoms with Crippen LogP contribution in [0.15, 0.2) is 29.4 Å². The van der Waals surface area contributed by atoms with Crippen molar-refractivity contribution >= 4 is 64.8 Å². The molecule has 0 aromatic heterocycles. The molecule has 88 heavy (non-hydrogen) atoms. The number of likely N-dealkylation sites (tertiary alicyclic amines) is 2. The number of rotatable bonds is 36. The molecule has 0 bridgehead atoms. The van der Waals surface area contributed by atoms with Crippen LogP contribution in [0.3, 0.4) is 0 Å². The number of amides is 10. The summed E-state index contributed by atoms with van der Waals surface area (Å²) in [6.45, 7) is 19.7. The highest BCUT2D eigenvalue weighted by Crippen LogP contribution is 2.30. The van der Waals surface area contributed by atoms with Crippen LogP contribution >= 0.6 is 0 Å². The van der Waals surface area contributed by atoms with Gasteiger partial charge in [-0.3, -0.25) is 48.1 Å². The molecule has 0 saturated carbocycles. The Bertz CT molecular complexity index is 2530. The van der Waals surface area contributed by atoms with E-state index < -0.39 is 96.0 Å². The third kappa shape index (κ3) is 22.9. The number of nitrogens with one attached hydrogen (secondary N) is 6. The summed E-state index contributed by atoms with van der Waals surface area (Å²) in [7, 11) is 8.38. The van der Waals surface area contributed by atoms with Gasteiger partial charge in [0.05, 0.1) is 42.7 Å². The number of ketones is 1. The number of hydrogen-bond donors (Lipinski definition) is 7. The van der Waals surface area contributed by atoms with E-state index in [1.165, 1.54) is 14.2 Å². The summed E-state index contributed by atoms with van der Waals surface area (Å²) >= 11 is 0.